The Morgan fingerprint density at radius 3 is 2.37 bits per heavy atom. The van der Waals surface area contributed by atoms with E-state index >= 15 is 0 Å². The van der Waals surface area contributed by atoms with Crippen molar-refractivity contribution in [1.29, 1.82) is 0 Å². The summed E-state index contributed by atoms with van der Waals surface area (Å²) in [6.45, 7) is -0.420. The van der Waals surface area contributed by atoms with Crippen LogP contribution in [0.15, 0.2) is 24.3 Å². The van der Waals surface area contributed by atoms with Gasteiger partial charge in [0.05, 0.1) is 12.7 Å². The van der Waals surface area contributed by atoms with Crippen LogP contribution in [0, 0.1) is 0 Å². The number of benzene rings is 1. The number of halogens is 1. The van der Waals surface area contributed by atoms with Gasteiger partial charge in [0, 0.05) is 11.4 Å². The van der Waals surface area contributed by atoms with Crippen molar-refractivity contribution in [3.05, 3.63) is 34.9 Å². The van der Waals surface area contributed by atoms with Crippen LogP contribution < -0.4 is 0 Å². The van der Waals surface area contributed by atoms with Crippen molar-refractivity contribution in [1.82, 2.24) is 0 Å². The van der Waals surface area contributed by atoms with Crippen LogP contribution in [-0.4, -0.2) is 57.6 Å². The Bertz CT molecular complexity index is 425. The van der Waals surface area contributed by atoms with Crippen molar-refractivity contribution in [3.8, 4) is 0 Å². The van der Waals surface area contributed by atoms with E-state index in [4.69, 9.17) is 21.4 Å². The molecule has 106 valence electrons. The second kappa shape index (κ2) is 6.17. The fourth-order valence-corrected chi connectivity index (χ4v) is 2.46. The van der Waals surface area contributed by atoms with Crippen molar-refractivity contribution in [2.24, 2.45) is 0 Å². The predicted molar refractivity (Wildman–Crippen MR) is 68.9 cm³/mol. The van der Waals surface area contributed by atoms with Gasteiger partial charge >= 0.3 is 0 Å². The Hall–Kier alpha value is -0.690. The minimum Gasteiger partial charge on any atom is -0.394 e. The van der Waals surface area contributed by atoms with Gasteiger partial charge in [0.1, 0.15) is 24.4 Å². The third-order valence-electron chi connectivity index (χ3n) is 3.32. The molecular weight excluding hydrogens is 272 g/mol. The van der Waals surface area contributed by atoms with Gasteiger partial charge < -0.3 is 25.2 Å². The Morgan fingerprint density at radius 1 is 1.05 bits per heavy atom. The van der Waals surface area contributed by atoms with Gasteiger partial charge in [-0.3, -0.25) is 0 Å². The SMILES string of the molecule is OC[C@H]1OC(Cc2cccc(Cl)c2)[C@H](O)[C@@H](O)[C@@H]1O. The zero-order valence-corrected chi connectivity index (χ0v) is 10.9. The normalized spacial score (nSPS) is 35.3. The van der Waals surface area contributed by atoms with E-state index in [9.17, 15) is 15.3 Å². The minimum absolute atomic E-state index is 0.335. The Balaban J connectivity index is 2.10. The molecule has 1 saturated heterocycles. The number of rotatable bonds is 3. The summed E-state index contributed by atoms with van der Waals surface area (Å²) in [5, 5.41) is 38.9. The summed E-state index contributed by atoms with van der Waals surface area (Å²) >= 11 is 5.87. The first kappa shape index (κ1) is 14.7. The van der Waals surface area contributed by atoms with Crippen molar-refractivity contribution in [3.63, 3.8) is 0 Å². The predicted octanol–water partition coefficient (Wildman–Crippen LogP) is -0.275. The second-order valence-corrected chi connectivity index (χ2v) is 5.14. The minimum atomic E-state index is -1.34. The second-order valence-electron chi connectivity index (χ2n) is 4.70. The van der Waals surface area contributed by atoms with E-state index < -0.39 is 37.1 Å². The standard InChI is InChI=1S/C13H17ClO5/c14-8-3-1-2-7(4-8)5-9-11(16)13(18)12(17)10(6-15)19-9/h1-4,9-13,15-18H,5-6H2/t9?,10-,11+,12-,13-/m1/s1. The highest BCUT2D eigenvalue weighted by Crippen LogP contribution is 2.24. The molecular formula is C13H17ClO5. The van der Waals surface area contributed by atoms with Gasteiger partial charge in [0.25, 0.3) is 0 Å². The Morgan fingerprint density at radius 2 is 1.74 bits per heavy atom. The van der Waals surface area contributed by atoms with Crippen LogP contribution in [0.3, 0.4) is 0 Å². The smallest absolute Gasteiger partial charge is 0.111 e. The molecule has 1 aromatic rings. The third-order valence-corrected chi connectivity index (χ3v) is 3.55. The summed E-state index contributed by atoms with van der Waals surface area (Å²) < 4.78 is 5.42. The maximum Gasteiger partial charge on any atom is 0.111 e. The fourth-order valence-electron chi connectivity index (χ4n) is 2.24. The molecule has 1 aliphatic heterocycles. The Kier molecular flexibility index (Phi) is 4.78. The highest BCUT2D eigenvalue weighted by Gasteiger charge is 2.43. The summed E-state index contributed by atoms with van der Waals surface area (Å²) in [5.41, 5.74) is 0.844. The van der Waals surface area contributed by atoms with E-state index in [-0.39, 0.29) is 0 Å². The molecule has 0 radical (unpaired) electrons. The van der Waals surface area contributed by atoms with Crippen molar-refractivity contribution < 1.29 is 25.2 Å². The number of hydrogen-bond donors (Lipinski definition) is 4. The molecule has 1 heterocycles. The average Bonchev–Trinajstić information content (AvgIpc) is 2.39. The molecule has 5 atom stereocenters. The van der Waals surface area contributed by atoms with Gasteiger partial charge in [0.2, 0.25) is 0 Å². The summed E-state index contributed by atoms with van der Waals surface area (Å²) in [5.74, 6) is 0. The van der Waals surface area contributed by atoms with Gasteiger partial charge in [-0.2, -0.15) is 0 Å². The average molecular weight is 289 g/mol. The summed E-state index contributed by atoms with van der Waals surface area (Å²) in [4.78, 5) is 0. The Labute approximate surface area is 116 Å². The zero-order chi connectivity index (χ0) is 14.0. The highest BCUT2D eigenvalue weighted by molar-refractivity contribution is 6.30. The molecule has 1 aliphatic rings. The van der Waals surface area contributed by atoms with Gasteiger partial charge in [-0.1, -0.05) is 23.7 Å². The molecule has 0 amide bonds. The quantitative estimate of drug-likeness (QED) is 0.614. The highest BCUT2D eigenvalue weighted by atomic mass is 35.5. The van der Waals surface area contributed by atoms with Crippen LogP contribution in [-0.2, 0) is 11.2 Å². The van der Waals surface area contributed by atoms with Gasteiger partial charge in [0.15, 0.2) is 0 Å². The van der Waals surface area contributed by atoms with E-state index in [0.717, 1.165) is 5.56 Å². The lowest BCUT2D eigenvalue weighted by molar-refractivity contribution is -0.228. The molecule has 0 bridgehead atoms. The van der Waals surface area contributed by atoms with E-state index in [1.54, 1.807) is 18.2 Å². The van der Waals surface area contributed by atoms with Crippen LogP contribution in [0.2, 0.25) is 5.02 Å². The molecule has 1 aromatic carbocycles. The fraction of sp³-hybridized carbons (Fsp3) is 0.538. The molecule has 0 aliphatic carbocycles. The summed E-state index contributed by atoms with van der Waals surface area (Å²) in [6.07, 6.45) is -5.11. The zero-order valence-electron chi connectivity index (χ0n) is 10.2. The lowest BCUT2D eigenvalue weighted by Crippen LogP contribution is -2.58. The molecule has 2 rings (SSSR count). The van der Waals surface area contributed by atoms with Crippen molar-refractivity contribution in [2.45, 2.75) is 36.9 Å². The third kappa shape index (κ3) is 3.25. The van der Waals surface area contributed by atoms with Gasteiger partial charge in [-0.15, -0.1) is 0 Å². The first-order chi connectivity index (χ1) is 9.02. The molecule has 5 nitrogen and oxygen atoms in total. The molecule has 19 heavy (non-hydrogen) atoms. The molecule has 0 saturated carbocycles. The number of aliphatic hydroxyl groups is 4. The van der Waals surface area contributed by atoms with Crippen LogP contribution in [0.5, 0.6) is 0 Å². The lowest BCUT2D eigenvalue weighted by atomic mass is 9.92. The molecule has 0 aromatic heterocycles. The topological polar surface area (TPSA) is 90.2 Å². The summed E-state index contributed by atoms with van der Waals surface area (Å²) in [7, 11) is 0. The van der Waals surface area contributed by atoms with Gasteiger partial charge in [-0.05, 0) is 17.7 Å². The molecule has 1 fully saturated rings. The number of aliphatic hydroxyl groups excluding tert-OH is 4. The molecule has 1 unspecified atom stereocenters. The van der Waals surface area contributed by atoms with E-state index in [1.807, 2.05) is 6.07 Å². The first-order valence-electron chi connectivity index (χ1n) is 6.08. The van der Waals surface area contributed by atoms with Crippen molar-refractivity contribution >= 4 is 11.6 Å². The molecule has 0 spiro atoms. The van der Waals surface area contributed by atoms with Crippen LogP contribution in [0.1, 0.15) is 5.56 Å². The number of hydrogen-bond acceptors (Lipinski definition) is 5. The van der Waals surface area contributed by atoms with E-state index in [2.05, 4.69) is 0 Å². The van der Waals surface area contributed by atoms with E-state index in [1.165, 1.54) is 0 Å². The maximum atomic E-state index is 9.90. The summed E-state index contributed by atoms with van der Waals surface area (Å²) in [6, 6.07) is 7.08. The van der Waals surface area contributed by atoms with Crippen LogP contribution in [0.4, 0.5) is 0 Å². The van der Waals surface area contributed by atoms with Crippen LogP contribution in [0.25, 0.3) is 0 Å². The first-order valence-corrected chi connectivity index (χ1v) is 6.45. The van der Waals surface area contributed by atoms with Gasteiger partial charge in [-0.25, -0.2) is 0 Å². The van der Waals surface area contributed by atoms with Crippen molar-refractivity contribution in [2.75, 3.05) is 6.61 Å². The van der Waals surface area contributed by atoms with Crippen LogP contribution >= 0.6 is 11.6 Å². The number of ether oxygens (including phenoxy) is 1. The molecule has 6 heteroatoms. The largest absolute Gasteiger partial charge is 0.394 e. The van der Waals surface area contributed by atoms with E-state index in [0.29, 0.717) is 11.4 Å². The lowest BCUT2D eigenvalue weighted by Gasteiger charge is -2.40. The maximum absolute atomic E-state index is 9.90. The molecule has 4 N–H and O–H groups in total. The monoisotopic (exact) mass is 288 g/mol.